The maximum absolute atomic E-state index is 12.7. The topological polar surface area (TPSA) is 110 Å². The maximum atomic E-state index is 12.7. The van der Waals surface area contributed by atoms with E-state index in [9.17, 15) is 9.59 Å². The van der Waals surface area contributed by atoms with E-state index in [1.807, 2.05) is 0 Å². The van der Waals surface area contributed by atoms with Crippen molar-refractivity contribution in [2.45, 2.75) is 6.42 Å². The molecule has 0 saturated carbocycles. The molecule has 8 heteroatoms. The summed E-state index contributed by atoms with van der Waals surface area (Å²) in [4.78, 5) is 24.4. The van der Waals surface area contributed by atoms with Gasteiger partial charge in [-0.25, -0.2) is 0 Å². The van der Waals surface area contributed by atoms with Gasteiger partial charge in [-0.05, 0) is 24.3 Å². The quantitative estimate of drug-likeness (QED) is 0.777. The van der Waals surface area contributed by atoms with Gasteiger partial charge in [0.05, 0.1) is 38.8 Å². The van der Waals surface area contributed by atoms with Gasteiger partial charge in [-0.2, -0.15) is 5.26 Å². The molecule has 2 N–H and O–H groups in total. The lowest BCUT2D eigenvalue weighted by Gasteiger charge is -2.15. The van der Waals surface area contributed by atoms with E-state index in [0.717, 1.165) is 0 Å². The number of hydrogen-bond acceptors (Lipinski definition) is 6. The van der Waals surface area contributed by atoms with Crippen molar-refractivity contribution in [3.8, 4) is 23.3 Å². The summed E-state index contributed by atoms with van der Waals surface area (Å²) in [6, 6.07) is 11.5. The highest BCUT2D eigenvalue weighted by molar-refractivity contribution is 6.08. The van der Waals surface area contributed by atoms with Crippen LogP contribution in [0.15, 0.2) is 36.4 Å². The van der Waals surface area contributed by atoms with Gasteiger partial charge in [0, 0.05) is 5.56 Å². The Hall–Kier alpha value is -3.73. The first kappa shape index (κ1) is 19.6. The van der Waals surface area contributed by atoms with Gasteiger partial charge in [0.15, 0.2) is 11.5 Å². The summed E-state index contributed by atoms with van der Waals surface area (Å²) >= 11 is 0. The fourth-order valence-electron chi connectivity index (χ4n) is 2.37. The van der Waals surface area contributed by atoms with Crippen LogP contribution >= 0.6 is 0 Å². The number of rotatable bonds is 7. The first-order valence-corrected chi connectivity index (χ1v) is 7.91. The summed E-state index contributed by atoms with van der Waals surface area (Å²) in [6.07, 6.45) is -0.283. The molecule has 2 aromatic rings. The van der Waals surface area contributed by atoms with E-state index < -0.39 is 11.8 Å². The Morgan fingerprint density at radius 2 is 1.52 bits per heavy atom. The minimum atomic E-state index is -0.466. The first-order chi connectivity index (χ1) is 13.0. The molecule has 0 unspecified atom stereocenters. The smallest absolute Gasteiger partial charge is 0.255 e. The van der Waals surface area contributed by atoms with Crippen molar-refractivity contribution in [1.82, 2.24) is 0 Å². The van der Waals surface area contributed by atoms with Crippen LogP contribution in [0.3, 0.4) is 0 Å². The second kappa shape index (κ2) is 9.10. The van der Waals surface area contributed by atoms with Crippen LogP contribution in [-0.2, 0) is 4.79 Å². The molecule has 140 valence electrons. The summed E-state index contributed by atoms with van der Waals surface area (Å²) in [7, 11) is 4.39. The number of benzene rings is 2. The predicted octanol–water partition coefficient (Wildman–Crippen LogP) is 2.82. The zero-order valence-corrected chi connectivity index (χ0v) is 15.2. The molecule has 2 amide bonds. The third-order valence-corrected chi connectivity index (χ3v) is 3.62. The number of amides is 2. The first-order valence-electron chi connectivity index (χ1n) is 7.91. The molecule has 0 aliphatic heterocycles. The Morgan fingerprint density at radius 3 is 2.00 bits per heavy atom. The number of nitrogens with zero attached hydrogens (tertiary/aromatic N) is 1. The van der Waals surface area contributed by atoms with Gasteiger partial charge in [-0.3, -0.25) is 9.59 Å². The minimum absolute atomic E-state index is 0.280. The van der Waals surface area contributed by atoms with Crippen LogP contribution in [0.2, 0.25) is 0 Å². The molecule has 0 atom stereocenters. The molecule has 27 heavy (non-hydrogen) atoms. The number of anilines is 2. The fourth-order valence-corrected chi connectivity index (χ4v) is 2.37. The van der Waals surface area contributed by atoms with E-state index in [-0.39, 0.29) is 12.0 Å². The summed E-state index contributed by atoms with van der Waals surface area (Å²) in [5, 5.41) is 13.9. The summed E-state index contributed by atoms with van der Waals surface area (Å²) < 4.78 is 15.7. The molecule has 0 fully saturated rings. The molecule has 0 aliphatic rings. The molecule has 0 aliphatic carbocycles. The van der Waals surface area contributed by atoms with Crippen LogP contribution in [0.5, 0.6) is 17.2 Å². The molecular weight excluding hydrogens is 350 g/mol. The van der Waals surface area contributed by atoms with Gasteiger partial charge in [-0.15, -0.1) is 0 Å². The van der Waals surface area contributed by atoms with Crippen LogP contribution in [0.1, 0.15) is 16.8 Å². The number of nitriles is 1. The van der Waals surface area contributed by atoms with Gasteiger partial charge in [0.2, 0.25) is 11.7 Å². The van der Waals surface area contributed by atoms with E-state index >= 15 is 0 Å². The van der Waals surface area contributed by atoms with Crippen LogP contribution in [0.25, 0.3) is 0 Å². The highest BCUT2D eigenvalue weighted by Gasteiger charge is 2.18. The second-order valence-electron chi connectivity index (χ2n) is 5.30. The molecule has 0 spiro atoms. The van der Waals surface area contributed by atoms with E-state index in [1.165, 1.54) is 33.5 Å². The number of nitrogens with one attached hydrogen (secondary N) is 2. The number of ether oxygens (including phenoxy) is 3. The lowest BCUT2D eigenvalue weighted by Crippen LogP contribution is -2.16. The Labute approximate surface area is 156 Å². The van der Waals surface area contributed by atoms with Crippen molar-refractivity contribution in [1.29, 1.82) is 5.26 Å². The molecule has 0 bridgehead atoms. The molecule has 2 aromatic carbocycles. The number of carbonyl (C=O) groups is 2. The van der Waals surface area contributed by atoms with E-state index in [2.05, 4.69) is 10.6 Å². The average molecular weight is 369 g/mol. The second-order valence-corrected chi connectivity index (χ2v) is 5.30. The summed E-state index contributed by atoms with van der Waals surface area (Å²) in [5.41, 5.74) is 1.06. The Kier molecular flexibility index (Phi) is 6.61. The molecule has 2 rings (SSSR count). The highest BCUT2D eigenvalue weighted by Crippen LogP contribution is 2.38. The number of methoxy groups -OCH3 is 3. The third-order valence-electron chi connectivity index (χ3n) is 3.62. The fraction of sp³-hybridized carbons (Fsp3) is 0.211. The summed E-state index contributed by atoms with van der Waals surface area (Å²) in [5.74, 6) is 0.166. The third kappa shape index (κ3) is 4.67. The van der Waals surface area contributed by atoms with Crippen LogP contribution in [0.4, 0.5) is 11.4 Å². The van der Waals surface area contributed by atoms with Crippen molar-refractivity contribution in [2.24, 2.45) is 0 Å². The number of hydrogen-bond donors (Lipinski definition) is 2. The maximum Gasteiger partial charge on any atom is 0.255 e. The Balaban J connectivity index is 2.31. The Bertz CT molecular complexity index is 864. The number of para-hydroxylation sites is 2. The molecule has 0 heterocycles. The SMILES string of the molecule is COc1cc(C(=O)Nc2ccccc2NC(=O)CC#N)cc(OC)c1OC. The lowest BCUT2D eigenvalue weighted by atomic mass is 10.1. The molecule has 0 radical (unpaired) electrons. The van der Waals surface area contributed by atoms with Crippen molar-refractivity contribution >= 4 is 23.2 Å². The van der Waals surface area contributed by atoms with Crippen LogP contribution in [-0.4, -0.2) is 33.1 Å². The van der Waals surface area contributed by atoms with Gasteiger partial charge in [0.25, 0.3) is 5.91 Å². The zero-order valence-electron chi connectivity index (χ0n) is 15.2. The van der Waals surface area contributed by atoms with Crippen molar-refractivity contribution in [3.63, 3.8) is 0 Å². The monoisotopic (exact) mass is 369 g/mol. The minimum Gasteiger partial charge on any atom is -0.493 e. The molecular formula is C19H19N3O5. The molecule has 0 aromatic heterocycles. The average Bonchev–Trinajstić information content (AvgIpc) is 2.68. The number of carbonyl (C=O) groups excluding carboxylic acids is 2. The normalized spacial score (nSPS) is 9.70. The van der Waals surface area contributed by atoms with Gasteiger partial charge in [-0.1, -0.05) is 12.1 Å². The largest absolute Gasteiger partial charge is 0.493 e. The zero-order chi connectivity index (χ0) is 19.8. The van der Waals surface area contributed by atoms with Crippen molar-refractivity contribution in [3.05, 3.63) is 42.0 Å². The Morgan fingerprint density at radius 1 is 0.963 bits per heavy atom. The van der Waals surface area contributed by atoms with E-state index in [4.69, 9.17) is 19.5 Å². The van der Waals surface area contributed by atoms with Crippen molar-refractivity contribution < 1.29 is 23.8 Å². The van der Waals surface area contributed by atoms with Gasteiger partial charge >= 0.3 is 0 Å². The van der Waals surface area contributed by atoms with Crippen LogP contribution in [0, 0.1) is 11.3 Å². The van der Waals surface area contributed by atoms with E-state index in [0.29, 0.717) is 28.6 Å². The standard InChI is InChI=1S/C19H19N3O5/c1-25-15-10-12(11-16(26-2)18(15)27-3)19(24)22-14-7-5-4-6-13(14)21-17(23)8-9-20/h4-7,10-11H,8H2,1-3H3,(H,21,23)(H,22,24). The van der Waals surface area contributed by atoms with Gasteiger partial charge < -0.3 is 24.8 Å². The predicted molar refractivity (Wildman–Crippen MR) is 99.4 cm³/mol. The molecule has 0 saturated heterocycles. The van der Waals surface area contributed by atoms with Gasteiger partial charge in [0.1, 0.15) is 6.42 Å². The van der Waals surface area contributed by atoms with Crippen molar-refractivity contribution in [2.75, 3.05) is 32.0 Å². The lowest BCUT2D eigenvalue weighted by molar-refractivity contribution is -0.115. The van der Waals surface area contributed by atoms with Crippen LogP contribution < -0.4 is 24.8 Å². The highest BCUT2D eigenvalue weighted by atomic mass is 16.5. The molecule has 8 nitrogen and oxygen atoms in total. The summed E-state index contributed by atoms with van der Waals surface area (Å²) in [6.45, 7) is 0. The van der Waals surface area contributed by atoms with E-state index in [1.54, 1.807) is 30.3 Å².